The number of alkyl halides is 3. The number of rotatable bonds is 6. The Balaban J connectivity index is -0.000000484. The molecule has 0 atom stereocenters. The van der Waals surface area contributed by atoms with Crippen LogP contribution < -0.4 is 0 Å². The Morgan fingerprint density at radius 3 is 0.952 bits per heavy atom. The van der Waals surface area contributed by atoms with Gasteiger partial charge in [-0.05, 0) is 125 Å². The van der Waals surface area contributed by atoms with Gasteiger partial charge in [0.15, 0.2) is 0 Å². The third-order valence-corrected chi connectivity index (χ3v) is 12.6. The summed E-state index contributed by atoms with van der Waals surface area (Å²) in [5.74, 6) is 0. The minimum Gasteiger partial charge on any atom is -0.279 e. The molecule has 3 nitrogen and oxygen atoms in total. The molecule has 3 rings (SSSR count). The zero-order valence-corrected chi connectivity index (χ0v) is 31.3. The van der Waals surface area contributed by atoms with Crippen LogP contribution in [-0.2, 0) is 46.7 Å². The SMILES string of the molecule is CC(C)P([C]1[CH][CH][CH][CH]1)C(C)C.CC(C)P([C]1[CH][CH][CH][CH]1)C(C)C.O=S(=O)(O)C(F)(F)F.[CH]1[CH]CC[CH][CH]CC1.[Fe].[Rh]. The van der Waals surface area contributed by atoms with Gasteiger partial charge in [0, 0.05) is 47.9 Å². The fourth-order valence-electron chi connectivity index (χ4n) is 4.31. The van der Waals surface area contributed by atoms with E-state index in [1.54, 1.807) is 11.3 Å². The standard InChI is InChI=1S/2C11H18P.C8H12.CHF3O3S.Fe.Rh/c2*1-9(2)12(10(3)4)11-7-5-6-8-11;1-2-4-6-8-7-5-3-1;2-1(3,4)8(5,6)7;;/h2*5-10H,1-4H3;1-2,7-8H,3-6H2;(H,5,6,7);;. The Kier molecular flexibility index (Phi) is 29.5. The number of hydrogen-bond donors (Lipinski definition) is 1. The zero-order chi connectivity index (χ0) is 30.9. The smallest absolute Gasteiger partial charge is 0.279 e. The van der Waals surface area contributed by atoms with Crippen molar-refractivity contribution >= 4 is 26.0 Å². The minimum atomic E-state index is -5.84. The first-order valence-electron chi connectivity index (χ1n) is 13.8. The summed E-state index contributed by atoms with van der Waals surface area (Å²) in [4.78, 5) is 0. The molecular formula is C31H49F3FeO3P2RhS. The summed E-state index contributed by atoms with van der Waals surface area (Å²) < 4.78 is 57.5. The molecule has 0 unspecified atom stereocenters. The molecule has 15 radical (unpaired) electrons. The van der Waals surface area contributed by atoms with Crippen molar-refractivity contribution in [3.63, 3.8) is 0 Å². The van der Waals surface area contributed by atoms with Crippen molar-refractivity contribution in [3.05, 3.63) is 88.4 Å². The van der Waals surface area contributed by atoms with Gasteiger partial charge in [-0.25, -0.2) is 0 Å². The van der Waals surface area contributed by atoms with Gasteiger partial charge in [-0.2, -0.15) is 21.6 Å². The van der Waals surface area contributed by atoms with Gasteiger partial charge in [-0.3, -0.25) is 4.55 Å². The largest absolute Gasteiger partial charge is 0.522 e. The van der Waals surface area contributed by atoms with Crippen LogP contribution in [0.15, 0.2) is 0 Å². The average Bonchev–Trinajstić information content (AvgIpc) is 3.47. The van der Waals surface area contributed by atoms with Crippen molar-refractivity contribution in [2.75, 3.05) is 0 Å². The van der Waals surface area contributed by atoms with E-state index in [4.69, 9.17) is 13.0 Å². The van der Waals surface area contributed by atoms with E-state index in [2.05, 4.69) is 132 Å². The minimum absolute atomic E-state index is 0. The Hall–Kier alpha value is 1.70. The van der Waals surface area contributed by atoms with Crippen LogP contribution in [0.5, 0.6) is 0 Å². The van der Waals surface area contributed by atoms with Crippen LogP contribution in [0.2, 0.25) is 0 Å². The van der Waals surface area contributed by atoms with Gasteiger partial charge in [0.05, 0.1) is 0 Å². The van der Waals surface area contributed by atoms with Crippen molar-refractivity contribution in [2.24, 2.45) is 0 Å². The molecule has 0 aromatic carbocycles. The second kappa shape index (κ2) is 25.8. The average molecular weight is 779 g/mol. The Labute approximate surface area is 284 Å². The van der Waals surface area contributed by atoms with Crippen LogP contribution >= 0.6 is 15.8 Å². The first-order chi connectivity index (χ1) is 18.5. The molecule has 0 spiro atoms. The van der Waals surface area contributed by atoms with E-state index >= 15 is 0 Å². The van der Waals surface area contributed by atoms with Crippen molar-refractivity contribution in [1.82, 2.24) is 0 Å². The maximum absolute atomic E-state index is 10.7. The fourth-order valence-corrected chi connectivity index (χ4v) is 10.1. The van der Waals surface area contributed by atoms with Crippen molar-refractivity contribution in [2.45, 2.75) is 109 Å². The molecular weight excluding hydrogens is 730 g/mol. The van der Waals surface area contributed by atoms with Gasteiger partial charge < -0.3 is 0 Å². The van der Waals surface area contributed by atoms with E-state index in [1.165, 1.54) is 25.7 Å². The fraction of sp³-hybridized carbons (Fsp3) is 0.548. The van der Waals surface area contributed by atoms with Crippen LogP contribution in [0.25, 0.3) is 0 Å². The third-order valence-electron chi connectivity index (χ3n) is 5.74. The molecule has 3 aliphatic carbocycles. The second-order valence-corrected chi connectivity index (χ2v) is 18.7. The molecule has 1 N–H and O–H groups in total. The van der Waals surface area contributed by atoms with Crippen molar-refractivity contribution in [1.29, 1.82) is 0 Å². The molecule has 0 aromatic heterocycles. The van der Waals surface area contributed by atoms with Crippen LogP contribution in [-0.4, -0.2) is 41.1 Å². The number of halogens is 3. The van der Waals surface area contributed by atoms with Crippen molar-refractivity contribution in [3.8, 4) is 0 Å². The molecule has 3 aliphatic rings. The molecule has 0 aliphatic heterocycles. The monoisotopic (exact) mass is 779 g/mol. The summed E-state index contributed by atoms with van der Waals surface area (Å²) in [5.41, 5.74) is 0.826. The van der Waals surface area contributed by atoms with E-state index in [1.807, 2.05) is 0 Å². The quantitative estimate of drug-likeness (QED) is 0.127. The topological polar surface area (TPSA) is 54.4 Å². The molecule has 42 heavy (non-hydrogen) atoms. The van der Waals surface area contributed by atoms with E-state index in [0.29, 0.717) is 0 Å². The Morgan fingerprint density at radius 1 is 0.619 bits per heavy atom. The summed E-state index contributed by atoms with van der Waals surface area (Å²) in [6, 6.07) is 0. The van der Waals surface area contributed by atoms with E-state index in [-0.39, 0.29) is 52.4 Å². The van der Waals surface area contributed by atoms with Crippen LogP contribution in [0.3, 0.4) is 0 Å². The van der Waals surface area contributed by atoms with E-state index < -0.39 is 15.6 Å². The van der Waals surface area contributed by atoms with Gasteiger partial charge in [-0.15, -0.1) is 0 Å². The normalized spacial score (nSPS) is 18.8. The molecule has 0 amide bonds. The van der Waals surface area contributed by atoms with Crippen LogP contribution in [0, 0.1) is 88.4 Å². The summed E-state index contributed by atoms with van der Waals surface area (Å²) >= 11 is 0. The van der Waals surface area contributed by atoms with E-state index in [9.17, 15) is 13.2 Å². The zero-order valence-electron chi connectivity index (χ0n) is 26.0. The second-order valence-electron chi connectivity index (χ2n) is 10.5. The predicted octanol–water partition coefficient (Wildman–Crippen LogP) is 10.1. The molecule has 245 valence electrons. The van der Waals surface area contributed by atoms with Gasteiger partial charge in [0.25, 0.3) is 0 Å². The molecule has 3 saturated carbocycles. The van der Waals surface area contributed by atoms with Crippen molar-refractivity contribution < 1.29 is 62.7 Å². The third kappa shape index (κ3) is 21.5. The molecule has 3 fully saturated rings. The van der Waals surface area contributed by atoms with E-state index in [0.717, 1.165) is 22.6 Å². The summed E-state index contributed by atoms with van der Waals surface area (Å²) in [7, 11) is -5.71. The predicted molar refractivity (Wildman–Crippen MR) is 169 cm³/mol. The van der Waals surface area contributed by atoms with Crippen LogP contribution in [0.1, 0.15) is 81.1 Å². The maximum atomic E-state index is 10.7. The first kappa shape index (κ1) is 48.1. The Morgan fingerprint density at radius 2 is 0.810 bits per heavy atom. The summed E-state index contributed by atoms with van der Waals surface area (Å²) in [6.45, 7) is 18.7. The summed E-state index contributed by atoms with van der Waals surface area (Å²) in [6.07, 6.45) is 31.7. The maximum Gasteiger partial charge on any atom is 0.522 e. The molecule has 11 heteroatoms. The number of hydrogen-bond acceptors (Lipinski definition) is 2. The summed E-state index contributed by atoms with van der Waals surface area (Å²) in [5, 5.41) is 0. The van der Waals surface area contributed by atoms with Gasteiger partial charge in [0.2, 0.25) is 0 Å². The molecule has 0 aromatic rings. The molecule has 0 saturated heterocycles. The van der Waals surface area contributed by atoms with Gasteiger partial charge in [0.1, 0.15) is 0 Å². The molecule has 0 bridgehead atoms. The van der Waals surface area contributed by atoms with Gasteiger partial charge in [-0.1, -0.05) is 71.2 Å². The molecule has 0 heterocycles. The van der Waals surface area contributed by atoms with Gasteiger partial charge >= 0.3 is 15.6 Å². The van der Waals surface area contributed by atoms with Crippen LogP contribution in [0.4, 0.5) is 13.2 Å². The Bertz CT molecular complexity index is 657. The first-order valence-corrected chi connectivity index (χ1v) is 18.2.